The quantitative estimate of drug-likeness (QED) is 0.159. The third-order valence-corrected chi connectivity index (χ3v) is 5.72. The summed E-state index contributed by atoms with van der Waals surface area (Å²) in [6.07, 6.45) is -0.630. The highest BCUT2D eigenvalue weighted by Gasteiger charge is 2.24. The van der Waals surface area contributed by atoms with Crippen LogP contribution in [0.3, 0.4) is 0 Å². The molecule has 0 aliphatic heterocycles. The van der Waals surface area contributed by atoms with Crippen LogP contribution < -0.4 is 4.74 Å². The molecule has 0 aromatic heterocycles. The van der Waals surface area contributed by atoms with E-state index in [0.717, 1.165) is 11.1 Å². The number of ether oxygens (including phenoxy) is 2. The summed E-state index contributed by atoms with van der Waals surface area (Å²) in [5, 5.41) is 0. The van der Waals surface area contributed by atoms with Crippen LogP contribution in [-0.2, 0) is 4.74 Å². The normalized spacial score (nSPS) is 13.3. The summed E-state index contributed by atoms with van der Waals surface area (Å²) >= 11 is 2.29. The first-order chi connectivity index (χ1) is 10.5. The molecule has 0 saturated heterocycles. The molecule has 0 aliphatic rings. The molecule has 4 nitrogen and oxygen atoms in total. The highest BCUT2D eigenvalue weighted by molar-refractivity contribution is 14.1. The van der Waals surface area contributed by atoms with Gasteiger partial charge in [0.15, 0.2) is 10.7 Å². The van der Waals surface area contributed by atoms with E-state index in [2.05, 4.69) is 71.4 Å². The Morgan fingerprint density at radius 3 is 1.96 bits per heavy atom. The molecule has 1 rings (SSSR count). The van der Waals surface area contributed by atoms with Gasteiger partial charge >= 0.3 is 6.16 Å². The number of halogens is 1. The van der Waals surface area contributed by atoms with Crippen LogP contribution in [0.4, 0.5) is 4.79 Å². The van der Waals surface area contributed by atoms with Gasteiger partial charge in [-0.1, -0.05) is 45.9 Å². The second-order valence-corrected chi connectivity index (χ2v) is 8.73. The molecular formula is C18H29INO3+. The highest BCUT2D eigenvalue weighted by atomic mass is 127. The number of hydrogen-bond donors (Lipinski definition) is 0. The van der Waals surface area contributed by atoms with Gasteiger partial charge in [0.25, 0.3) is 0 Å². The highest BCUT2D eigenvalue weighted by Crippen LogP contribution is 2.34. The molecule has 0 bridgehead atoms. The van der Waals surface area contributed by atoms with E-state index in [1.54, 1.807) is 0 Å². The van der Waals surface area contributed by atoms with Gasteiger partial charge in [0.2, 0.25) is 0 Å². The molecule has 0 radical (unpaired) electrons. The van der Waals surface area contributed by atoms with Crippen LogP contribution in [0.5, 0.6) is 5.75 Å². The minimum atomic E-state index is -0.630. The minimum absolute atomic E-state index is 0.171. The van der Waals surface area contributed by atoms with Crippen molar-refractivity contribution in [2.45, 2.75) is 43.6 Å². The van der Waals surface area contributed by atoms with Crippen molar-refractivity contribution in [1.82, 2.24) is 0 Å². The number of quaternary nitrogens is 1. The van der Waals surface area contributed by atoms with Crippen LogP contribution in [0.2, 0.25) is 0 Å². The van der Waals surface area contributed by atoms with Crippen LogP contribution in [-0.4, -0.2) is 42.4 Å². The zero-order chi connectivity index (χ0) is 17.8. The number of likely N-dealkylation sites (N-methyl/N-ethyl adjacent to an activating group) is 1. The minimum Gasteiger partial charge on any atom is -0.427 e. The molecule has 1 aromatic rings. The summed E-state index contributed by atoms with van der Waals surface area (Å²) < 4.78 is 11.8. The van der Waals surface area contributed by atoms with Gasteiger partial charge in [0.1, 0.15) is 5.75 Å². The summed E-state index contributed by atoms with van der Waals surface area (Å²) in [6, 6.07) is 6.03. The topological polar surface area (TPSA) is 35.5 Å². The second kappa shape index (κ2) is 8.33. The van der Waals surface area contributed by atoms with E-state index in [1.807, 2.05) is 18.2 Å². The number of carbonyl (C=O) groups is 1. The standard InChI is InChI=1S/C18H29INO3/c1-12(2)14-9-8-10-15(13(3)4)17(14)23-18(21)22-11-16(19)20(5,6)7/h8-10,12-13,16H,11H2,1-7H3/q+1. The predicted octanol–water partition coefficient (Wildman–Crippen LogP) is 4.92. The lowest BCUT2D eigenvalue weighted by molar-refractivity contribution is -0.876. The lowest BCUT2D eigenvalue weighted by Gasteiger charge is -2.29. The number of benzene rings is 1. The van der Waals surface area contributed by atoms with Gasteiger partial charge in [0, 0.05) is 0 Å². The van der Waals surface area contributed by atoms with Gasteiger partial charge in [-0.3, -0.25) is 0 Å². The molecule has 0 saturated carbocycles. The van der Waals surface area contributed by atoms with Crippen molar-refractivity contribution in [3.8, 4) is 5.75 Å². The van der Waals surface area contributed by atoms with Crippen LogP contribution in [0.15, 0.2) is 18.2 Å². The zero-order valence-corrected chi connectivity index (χ0v) is 17.4. The van der Waals surface area contributed by atoms with E-state index in [0.29, 0.717) is 16.8 Å². The molecule has 1 unspecified atom stereocenters. The van der Waals surface area contributed by atoms with Gasteiger partial charge in [-0.15, -0.1) is 0 Å². The van der Waals surface area contributed by atoms with E-state index in [4.69, 9.17) is 9.47 Å². The molecule has 0 spiro atoms. The average Bonchev–Trinajstić information content (AvgIpc) is 2.43. The van der Waals surface area contributed by atoms with Crippen molar-refractivity contribution >= 4 is 28.7 Å². The molecule has 5 heteroatoms. The van der Waals surface area contributed by atoms with E-state index in [9.17, 15) is 4.79 Å². The number of hydrogen-bond acceptors (Lipinski definition) is 3. The number of rotatable bonds is 6. The van der Waals surface area contributed by atoms with Crippen LogP contribution in [0.1, 0.15) is 50.7 Å². The van der Waals surface area contributed by atoms with Gasteiger partial charge < -0.3 is 14.0 Å². The van der Waals surface area contributed by atoms with E-state index >= 15 is 0 Å². The summed E-state index contributed by atoms with van der Waals surface area (Å²) in [4.78, 5) is 12.1. The predicted molar refractivity (Wildman–Crippen MR) is 102 cm³/mol. The Morgan fingerprint density at radius 2 is 1.57 bits per heavy atom. The monoisotopic (exact) mass is 434 g/mol. The average molecular weight is 434 g/mol. The largest absolute Gasteiger partial charge is 0.514 e. The molecule has 0 heterocycles. The molecule has 23 heavy (non-hydrogen) atoms. The van der Waals surface area contributed by atoms with Gasteiger partial charge in [-0.25, -0.2) is 4.79 Å². The Morgan fingerprint density at radius 1 is 1.09 bits per heavy atom. The van der Waals surface area contributed by atoms with Crippen molar-refractivity contribution in [2.75, 3.05) is 27.7 Å². The molecule has 0 aliphatic carbocycles. The Balaban J connectivity index is 2.89. The van der Waals surface area contributed by atoms with E-state index < -0.39 is 6.16 Å². The first-order valence-electron chi connectivity index (χ1n) is 7.96. The number of nitrogens with zero attached hydrogens (tertiary/aromatic N) is 1. The van der Waals surface area contributed by atoms with Crippen molar-refractivity contribution in [2.24, 2.45) is 0 Å². The smallest absolute Gasteiger partial charge is 0.427 e. The first kappa shape index (κ1) is 20.2. The zero-order valence-electron chi connectivity index (χ0n) is 15.2. The molecular weight excluding hydrogens is 405 g/mol. The van der Waals surface area contributed by atoms with Crippen LogP contribution >= 0.6 is 22.6 Å². The summed E-state index contributed by atoms with van der Waals surface area (Å²) in [5.41, 5.74) is 2.07. The van der Waals surface area contributed by atoms with Crippen molar-refractivity contribution < 1.29 is 18.8 Å². The Bertz CT molecular complexity index is 509. The maximum absolute atomic E-state index is 12.1. The molecule has 1 atom stereocenters. The fourth-order valence-corrected chi connectivity index (χ4v) is 2.25. The van der Waals surface area contributed by atoms with Crippen LogP contribution in [0, 0.1) is 0 Å². The second-order valence-electron chi connectivity index (χ2n) is 7.29. The first-order valence-corrected chi connectivity index (χ1v) is 9.21. The lowest BCUT2D eigenvalue weighted by Crippen LogP contribution is -2.44. The Kier molecular flexibility index (Phi) is 7.32. The fraction of sp³-hybridized carbons (Fsp3) is 0.611. The van der Waals surface area contributed by atoms with Crippen molar-refractivity contribution in [3.63, 3.8) is 0 Å². The Labute approximate surface area is 153 Å². The van der Waals surface area contributed by atoms with Gasteiger partial charge in [-0.05, 0) is 45.6 Å². The fourth-order valence-electron chi connectivity index (χ4n) is 2.07. The SMILES string of the molecule is CC(C)c1cccc(C(C)C)c1OC(=O)OCC(I)[N+](C)(C)C. The van der Waals surface area contributed by atoms with Gasteiger partial charge in [-0.2, -0.15) is 0 Å². The third kappa shape index (κ3) is 5.95. The third-order valence-electron chi connectivity index (χ3n) is 3.68. The lowest BCUT2D eigenvalue weighted by atomic mass is 9.94. The summed E-state index contributed by atoms with van der Waals surface area (Å²) in [6.45, 7) is 8.69. The van der Waals surface area contributed by atoms with Crippen LogP contribution in [0.25, 0.3) is 0 Å². The number of carbonyl (C=O) groups excluding carboxylic acids is 1. The number of alkyl halides is 1. The maximum atomic E-state index is 12.1. The maximum Gasteiger partial charge on any atom is 0.514 e. The van der Waals surface area contributed by atoms with E-state index in [1.165, 1.54) is 0 Å². The molecule has 0 amide bonds. The van der Waals surface area contributed by atoms with E-state index in [-0.39, 0.29) is 15.9 Å². The molecule has 0 N–H and O–H groups in total. The van der Waals surface area contributed by atoms with Crippen molar-refractivity contribution in [3.05, 3.63) is 29.3 Å². The molecule has 130 valence electrons. The summed E-state index contributed by atoms with van der Waals surface area (Å²) in [7, 11) is 6.20. The number of para-hydroxylation sites is 1. The molecule has 0 fully saturated rings. The van der Waals surface area contributed by atoms with Gasteiger partial charge in [0.05, 0.1) is 21.1 Å². The molecule has 1 aromatic carbocycles. The Hall–Kier alpha value is -0.820. The van der Waals surface area contributed by atoms with Crippen molar-refractivity contribution in [1.29, 1.82) is 0 Å². The summed E-state index contributed by atoms with van der Waals surface area (Å²) in [5.74, 6) is 1.21.